The number of alkyl halides is 3. The van der Waals surface area contributed by atoms with Gasteiger partial charge in [0.25, 0.3) is 0 Å². The molecule has 1 saturated heterocycles. The van der Waals surface area contributed by atoms with E-state index in [1.54, 1.807) is 6.33 Å². The van der Waals surface area contributed by atoms with E-state index in [2.05, 4.69) is 32.1 Å². The van der Waals surface area contributed by atoms with E-state index in [0.29, 0.717) is 5.82 Å². The normalized spacial score (nSPS) is 16.1. The molecule has 0 radical (unpaired) electrons. The maximum atomic E-state index is 12.6. The number of hydrogen-bond acceptors (Lipinski definition) is 5. The quantitative estimate of drug-likeness (QED) is 0.913. The van der Waals surface area contributed by atoms with Gasteiger partial charge in [-0.2, -0.15) is 13.2 Å². The molecule has 0 bridgehead atoms. The van der Waals surface area contributed by atoms with Crippen LogP contribution in [0.3, 0.4) is 0 Å². The minimum Gasteiger partial charge on any atom is -0.367 e. The summed E-state index contributed by atoms with van der Waals surface area (Å²) in [4.78, 5) is 14.6. The number of aromatic nitrogens is 3. The molecule has 25 heavy (non-hydrogen) atoms. The van der Waals surface area contributed by atoms with E-state index in [9.17, 15) is 13.2 Å². The summed E-state index contributed by atoms with van der Waals surface area (Å²) in [7, 11) is 0. The average Bonchev–Trinajstić information content (AvgIpc) is 2.62. The van der Waals surface area contributed by atoms with Crippen molar-refractivity contribution >= 4 is 11.6 Å². The van der Waals surface area contributed by atoms with Gasteiger partial charge in [-0.05, 0) is 31.4 Å². The van der Waals surface area contributed by atoms with Crippen LogP contribution in [0, 0.1) is 0 Å². The molecule has 0 aliphatic carbocycles. The number of aryl methyl sites for hydroxylation is 1. The number of piperidine rings is 1. The molecule has 3 rings (SSSR count). The minimum absolute atomic E-state index is 0.188. The first-order chi connectivity index (χ1) is 12.0. The fourth-order valence-electron chi connectivity index (χ4n) is 2.86. The van der Waals surface area contributed by atoms with Crippen molar-refractivity contribution in [2.45, 2.75) is 38.4 Å². The van der Waals surface area contributed by atoms with Crippen molar-refractivity contribution in [3.05, 3.63) is 42.0 Å². The number of halogens is 3. The molecule has 0 aromatic carbocycles. The molecule has 3 heterocycles. The van der Waals surface area contributed by atoms with Crippen LogP contribution in [0.2, 0.25) is 0 Å². The molecular formula is C17H20F3N5. The molecule has 5 nitrogen and oxygen atoms in total. The molecule has 0 atom stereocenters. The maximum absolute atomic E-state index is 12.6. The van der Waals surface area contributed by atoms with Gasteiger partial charge in [0, 0.05) is 37.1 Å². The number of hydrogen-bond donors (Lipinski definition) is 1. The SMILES string of the molecule is CCc1cc(N2CCC(Nc3ccc(C(F)(F)F)cn3)CC2)ncn1. The molecule has 1 aliphatic heterocycles. The van der Waals surface area contributed by atoms with Gasteiger partial charge in [0.05, 0.1) is 5.56 Å². The summed E-state index contributed by atoms with van der Waals surface area (Å²) >= 11 is 0. The van der Waals surface area contributed by atoms with Crippen molar-refractivity contribution in [3.63, 3.8) is 0 Å². The second-order valence-corrected chi connectivity index (χ2v) is 6.06. The van der Waals surface area contributed by atoms with Crippen LogP contribution in [0.25, 0.3) is 0 Å². The molecule has 2 aromatic rings. The van der Waals surface area contributed by atoms with E-state index in [4.69, 9.17) is 0 Å². The third-order valence-electron chi connectivity index (χ3n) is 4.33. The van der Waals surface area contributed by atoms with Crippen LogP contribution in [0.4, 0.5) is 24.8 Å². The Morgan fingerprint density at radius 3 is 2.52 bits per heavy atom. The monoisotopic (exact) mass is 351 g/mol. The predicted molar refractivity (Wildman–Crippen MR) is 89.5 cm³/mol. The van der Waals surface area contributed by atoms with Crippen molar-refractivity contribution in [2.24, 2.45) is 0 Å². The first-order valence-corrected chi connectivity index (χ1v) is 8.31. The van der Waals surface area contributed by atoms with Crippen LogP contribution >= 0.6 is 0 Å². The predicted octanol–water partition coefficient (Wildman–Crippen LogP) is 3.53. The zero-order valence-electron chi connectivity index (χ0n) is 13.9. The molecule has 1 fully saturated rings. The number of pyridine rings is 1. The third-order valence-corrected chi connectivity index (χ3v) is 4.33. The largest absolute Gasteiger partial charge is 0.417 e. The van der Waals surface area contributed by atoms with E-state index in [1.165, 1.54) is 6.07 Å². The Morgan fingerprint density at radius 2 is 1.92 bits per heavy atom. The lowest BCUT2D eigenvalue weighted by Gasteiger charge is -2.33. The van der Waals surface area contributed by atoms with Crippen LogP contribution in [0.5, 0.6) is 0 Å². The lowest BCUT2D eigenvalue weighted by molar-refractivity contribution is -0.137. The van der Waals surface area contributed by atoms with Crippen molar-refractivity contribution in [3.8, 4) is 0 Å². The van der Waals surface area contributed by atoms with Crippen molar-refractivity contribution in [1.29, 1.82) is 0 Å². The fraction of sp³-hybridized carbons (Fsp3) is 0.471. The Bertz CT molecular complexity index is 694. The second-order valence-electron chi connectivity index (χ2n) is 6.06. The van der Waals surface area contributed by atoms with E-state index < -0.39 is 11.7 Å². The number of nitrogens with zero attached hydrogens (tertiary/aromatic N) is 4. The van der Waals surface area contributed by atoms with Gasteiger partial charge in [-0.15, -0.1) is 0 Å². The summed E-state index contributed by atoms with van der Waals surface area (Å²) in [6, 6.07) is 4.63. The zero-order valence-corrected chi connectivity index (χ0v) is 13.9. The summed E-state index contributed by atoms with van der Waals surface area (Å²) < 4.78 is 37.7. The third kappa shape index (κ3) is 4.37. The van der Waals surface area contributed by atoms with Gasteiger partial charge in [0.15, 0.2) is 0 Å². The highest BCUT2D eigenvalue weighted by atomic mass is 19.4. The second kappa shape index (κ2) is 7.25. The van der Waals surface area contributed by atoms with Crippen LogP contribution in [0.15, 0.2) is 30.7 Å². The van der Waals surface area contributed by atoms with E-state index >= 15 is 0 Å². The molecule has 2 aromatic heterocycles. The topological polar surface area (TPSA) is 53.9 Å². The first-order valence-electron chi connectivity index (χ1n) is 8.31. The van der Waals surface area contributed by atoms with Gasteiger partial charge in [0.2, 0.25) is 0 Å². The summed E-state index contributed by atoms with van der Waals surface area (Å²) in [6.07, 6.45) is 0.705. The molecule has 0 amide bonds. The Labute approximate surface area is 144 Å². The van der Waals surface area contributed by atoms with Gasteiger partial charge in [-0.25, -0.2) is 15.0 Å². The molecule has 1 N–H and O–H groups in total. The summed E-state index contributed by atoms with van der Waals surface area (Å²) in [5.41, 5.74) is 0.280. The molecule has 1 aliphatic rings. The standard InChI is InChI=1S/C17H20F3N5/c1-2-13-9-16(23-11-22-13)25-7-5-14(6-8-25)24-15-4-3-12(10-21-15)17(18,19)20/h3-4,9-11,14H,2,5-8H2,1H3,(H,21,24). The van der Waals surface area contributed by atoms with E-state index in [1.807, 2.05) is 6.07 Å². The van der Waals surface area contributed by atoms with Gasteiger partial charge < -0.3 is 10.2 Å². The van der Waals surface area contributed by atoms with Crippen LogP contribution < -0.4 is 10.2 Å². The molecule has 134 valence electrons. The molecule has 0 spiro atoms. The Hall–Kier alpha value is -2.38. The van der Waals surface area contributed by atoms with Gasteiger partial charge >= 0.3 is 6.18 Å². The zero-order chi connectivity index (χ0) is 17.9. The van der Waals surface area contributed by atoms with E-state index in [0.717, 1.165) is 56.1 Å². The van der Waals surface area contributed by atoms with Crippen LogP contribution in [-0.4, -0.2) is 34.1 Å². The number of rotatable bonds is 4. The Kier molecular flexibility index (Phi) is 5.06. The molecule has 8 heteroatoms. The number of nitrogens with one attached hydrogen (secondary N) is 1. The van der Waals surface area contributed by atoms with Gasteiger partial charge in [-0.1, -0.05) is 6.92 Å². The molecular weight excluding hydrogens is 331 g/mol. The van der Waals surface area contributed by atoms with Gasteiger partial charge in [0.1, 0.15) is 18.0 Å². The smallest absolute Gasteiger partial charge is 0.367 e. The Balaban J connectivity index is 1.55. The number of anilines is 2. The average molecular weight is 351 g/mol. The lowest BCUT2D eigenvalue weighted by atomic mass is 10.0. The fourth-order valence-corrected chi connectivity index (χ4v) is 2.86. The molecule has 0 saturated carbocycles. The van der Waals surface area contributed by atoms with Gasteiger partial charge in [-0.3, -0.25) is 0 Å². The Morgan fingerprint density at radius 1 is 1.16 bits per heavy atom. The first kappa shape index (κ1) is 17.4. The maximum Gasteiger partial charge on any atom is 0.417 e. The summed E-state index contributed by atoms with van der Waals surface area (Å²) in [6.45, 7) is 3.72. The minimum atomic E-state index is -4.36. The highest BCUT2D eigenvalue weighted by molar-refractivity contribution is 5.41. The van der Waals surface area contributed by atoms with E-state index in [-0.39, 0.29) is 6.04 Å². The van der Waals surface area contributed by atoms with Crippen LogP contribution in [-0.2, 0) is 12.6 Å². The highest BCUT2D eigenvalue weighted by Gasteiger charge is 2.30. The highest BCUT2D eigenvalue weighted by Crippen LogP contribution is 2.29. The summed E-state index contributed by atoms with van der Waals surface area (Å²) in [5.74, 6) is 1.40. The van der Waals surface area contributed by atoms with Crippen molar-refractivity contribution < 1.29 is 13.2 Å². The van der Waals surface area contributed by atoms with Crippen molar-refractivity contribution in [1.82, 2.24) is 15.0 Å². The molecule has 0 unspecified atom stereocenters. The van der Waals surface area contributed by atoms with Crippen molar-refractivity contribution in [2.75, 3.05) is 23.3 Å². The summed E-state index contributed by atoms with van der Waals surface area (Å²) in [5, 5.41) is 3.22. The van der Waals surface area contributed by atoms with Crippen LogP contribution in [0.1, 0.15) is 31.0 Å². The lowest BCUT2D eigenvalue weighted by Crippen LogP contribution is -2.39.